The van der Waals surface area contributed by atoms with E-state index in [4.69, 9.17) is 5.11 Å². The molecular weight excluding hydrogens is 242 g/mol. The molecule has 1 fully saturated rings. The molecular formula is C10H17N3O3S. The highest BCUT2D eigenvalue weighted by Crippen LogP contribution is 2.24. The van der Waals surface area contributed by atoms with Gasteiger partial charge in [0.2, 0.25) is 0 Å². The van der Waals surface area contributed by atoms with Gasteiger partial charge < -0.3 is 9.67 Å². The van der Waals surface area contributed by atoms with Crippen molar-refractivity contribution in [2.24, 2.45) is 0 Å². The molecule has 0 unspecified atom stereocenters. The summed E-state index contributed by atoms with van der Waals surface area (Å²) in [5.41, 5.74) is 0. The van der Waals surface area contributed by atoms with Crippen molar-refractivity contribution in [3.8, 4) is 0 Å². The topological polar surface area (TPSA) is 75.4 Å². The van der Waals surface area contributed by atoms with Gasteiger partial charge in [0.1, 0.15) is 0 Å². The summed E-state index contributed by atoms with van der Waals surface area (Å²) in [6.45, 7) is 2.94. The van der Waals surface area contributed by atoms with Crippen LogP contribution in [0.3, 0.4) is 0 Å². The second-order valence-corrected chi connectivity index (χ2v) is 5.97. The van der Waals surface area contributed by atoms with E-state index in [1.807, 2.05) is 6.92 Å². The molecule has 0 bridgehead atoms. The number of aliphatic hydroxyl groups is 1. The minimum absolute atomic E-state index is 0.0692. The third-order valence-corrected chi connectivity index (χ3v) is 4.92. The summed E-state index contributed by atoms with van der Waals surface area (Å²) in [7, 11) is -3.55. The molecule has 7 heteroatoms. The van der Waals surface area contributed by atoms with Crippen molar-refractivity contribution in [2.75, 3.05) is 13.2 Å². The predicted molar refractivity (Wildman–Crippen MR) is 61.9 cm³/mol. The highest BCUT2D eigenvalue weighted by atomic mass is 32.2. The SMILES string of the molecule is CCn1cnc(S(=O)(=O)N2CCC[C@@H]2CO)c1. The lowest BCUT2D eigenvalue weighted by molar-refractivity contribution is 0.213. The summed E-state index contributed by atoms with van der Waals surface area (Å²) in [5.74, 6) is 0. The molecule has 0 aromatic carbocycles. The zero-order chi connectivity index (χ0) is 12.5. The van der Waals surface area contributed by atoms with Gasteiger partial charge in [-0.25, -0.2) is 13.4 Å². The van der Waals surface area contributed by atoms with Crippen LogP contribution in [-0.4, -0.2) is 46.6 Å². The Balaban J connectivity index is 2.29. The highest BCUT2D eigenvalue weighted by molar-refractivity contribution is 7.89. The average Bonchev–Trinajstić information content (AvgIpc) is 2.97. The molecule has 0 saturated carbocycles. The van der Waals surface area contributed by atoms with Gasteiger partial charge in [-0.15, -0.1) is 0 Å². The summed E-state index contributed by atoms with van der Waals surface area (Å²) in [4.78, 5) is 3.92. The third-order valence-electron chi connectivity index (χ3n) is 3.08. The maximum atomic E-state index is 12.3. The number of imidazole rings is 1. The lowest BCUT2D eigenvalue weighted by Gasteiger charge is -2.20. The first-order valence-electron chi connectivity index (χ1n) is 5.74. The Bertz CT molecular complexity index is 483. The fourth-order valence-corrected chi connectivity index (χ4v) is 3.70. The first kappa shape index (κ1) is 12.5. The summed E-state index contributed by atoms with van der Waals surface area (Å²) in [5, 5.41) is 9.24. The van der Waals surface area contributed by atoms with E-state index in [0.717, 1.165) is 6.42 Å². The van der Waals surface area contributed by atoms with Crippen molar-refractivity contribution < 1.29 is 13.5 Å². The number of nitrogens with zero attached hydrogens (tertiary/aromatic N) is 3. The molecule has 1 aliphatic rings. The number of aliphatic hydroxyl groups excluding tert-OH is 1. The second-order valence-electron chi connectivity index (χ2n) is 4.14. The maximum absolute atomic E-state index is 12.3. The quantitative estimate of drug-likeness (QED) is 0.829. The van der Waals surface area contributed by atoms with Crippen molar-refractivity contribution in [1.29, 1.82) is 0 Å². The normalized spacial score (nSPS) is 22.1. The van der Waals surface area contributed by atoms with Crippen LogP contribution in [0.25, 0.3) is 0 Å². The Labute approximate surface area is 101 Å². The molecule has 0 amide bonds. The number of rotatable bonds is 4. The summed E-state index contributed by atoms with van der Waals surface area (Å²) < 4.78 is 27.6. The Hall–Kier alpha value is -0.920. The van der Waals surface area contributed by atoms with Crippen molar-refractivity contribution >= 4 is 10.0 Å². The lowest BCUT2D eigenvalue weighted by Crippen LogP contribution is -2.37. The number of aryl methyl sites for hydroxylation is 1. The van der Waals surface area contributed by atoms with Crippen molar-refractivity contribution in [1.82, 2.24) is 13.9 Å². The average molecular weight is 259 g/mol. The van der Waals surface area contributed by atoms with E-state index >= 15 is 0 Å². The van der Waals surface area contributed by atoms with Gasteiger partial charge in [0, 0.05) is 25.3 Å². The summed E-state index contributed by atoms with van der Waals surface area (Å²) in [6.07, 6.45) is 4.54. The maximum Gasteiger partial charge on any atom is 0.262 e. The first-order chi connectivity index (χ1) is 8.09. The molecule has 0 radical (unpaired) electrons. The summed E-state index contributed by atoms with van der Waals surface area (Å²) in [6, 6.07) is -0.299. The van der Waals surface area contributed by atoms with Crippen LogP contribution in [0.4, 0.5) is 0 Å². The molecule has 2 heterocycles. The van der Waals surface area contributed by atoms with E-state index in [9.17, 15) is 8.42 Å². The minimum Gasteiger partial charge on any atom is -0.395 e. The second kappa shape index (κ2) is 4.75. The predicted octanol–water partition coefficient (Wildman–Crippen LogP) is 0.0484. The molecule has 2 rings (SSSR count). The molecule has 0 aliphatic carbocycles. The first-order valence-corrected chi connectivity index (χ1v) is 7.18. The van der Waals surface area contributed by atoms with Crippen molar-refractivity contribution in [3.05, 3.63) is 12.5 Å². The van der Waals surface area contributed by atoms with Crippen LogP contribution in [0.1, 0.15) is 19.8 Å². The lowest BCUT2D eigenvalue weighted by atomic mass is 10.2. The number of hydrogen-bond donors (Lipinski definition) is 1. The van der Waals surface area contributed by atoms with Crippen LogP contribution >= 0.6 is 0 Å². The van der Waals surface area contributed by atoms with Crippen LogP contribution in [0, 0.1) is 0 Å². The van der Waals surface area contributed by atoms with Gasteiger partial charge in [0.25, 0.3) is 10.0 Å². The van der Waals surface area contributed by atoms with Gasteiger partial charge in [-0.05, 0) is 19.8 Å². The molecule has 1 atom stereocenters. The Morgan fingerprint density at radius 2 is 2.35 bits per heavy atom. The number of aromatic nitrogens is 2. The van der Waals surface area contributed by atoms with E-state index < -0.39 is 10.0 Å². The molecule has 1 saturated heterocycles. The van der Waals surface area contributed by atoms with Crippen LogP contribution in [0.2, 0.25) is 0 Å². The highest BCUT2D eigenvalue weighted by Gasteiger charge is 2.36. The van der Waals surface area contributed by atoms with E-state index in [1.165, 1.54) is 16.8 Å². The molecule has 1 aliphatic heterocycles. The summed E-state index contributed by atoms with van der Waals surface area (Å²) >= 11 is 0. The van der Waals surface area contributed by atoms with Crippen molar-refractivity contribution in [3.63, 3.8) is 0 Å². The van der Waals surface area contributed by atoms with Crippen LogP contribution in [0.5, 0.6) is 0 Å². The zero-order valence-electron chi connectivity index (χ0n) is 9.78. The van der Waals surface area contributed by atoms with Gasteiger partial charge in [-0.3, -0.25) is 0 Å². The monoisotopic (exact) mass is 259 g/mol. The Morgan fingerprint density at radius 1 is 1.59 bits per heavy atom. The number of hydrogen-bond acceptors (Lipinski definition) is 4. The molecule has 17 heavy (non-hydrogen) atoms. The third kappa shape index (κ3) is 2.22. The fourth-order valence-electron chi connectivity index (χ4n) is 2.07. The Morgan fingerprint density at radius 3 is 2.94 bits per heavy atom. The van der Waals surface area contributed by atoms with Crippen molar-refractivity contribution in [2.45, 2.75) is 37.4 Å². The van der Waals surface area contributed by atoms with E-state index in [1.54, 1.807) is 4.57 Å². The zero-order valence-corrected chi connectivity index (χ0v) is 10.6. The van der Waals surface area contributed by atoms with Crippen LogP contribution < -0.4 is 0 Å². The van der Waals surface area contributed by atoms with Gasteiger partial charge in [0.05, 0.1) is 12.9 Å². The molecule has 96 valence electrons. The van der Waals surface area contributed by atoms with E-state index in [0.29, 0.717) is 19.5 Å². The smallest absolute Gasteiger partial charge is 0.262 e. The van der Waals surface area contributed by atoms with Crippen LogP contribution in [0.15, 0.2) is 17.6 Å². The van der Waals surface area contributed by atoms with Gasteiger partial charge in [0.15, 0.2) is 5.03 Å². The molecule has 1 aromatic rings. The minimum atomic E-state index is -3.55. The molecule has 1 aromatic heterocycles. The van der Waals surface area contributed by atoms with E-state index in [2.05, 4.69) is 4.98 Å². The molecule has 1 N–H and O–H groups in total. The number of sulfonamides is 1. The van der Waals surface area contributed by atoms with Gasteiger partial charge in [-0.1, -0.05) is 0 Å². The Kier molecular flexibility index (Phi) is 3.50. The van der Waals surface area contributed by atoms with Crippen LogP contribution in [-0.2, 0) is 16.6 Å². The fraction of sp³-hybridized carbons (Fsp3) is 0.700. The van der Waals surface area contributed by atoms with E-state index in [-0.39, 0.29) is 17.7 Å². The standard InChI is InChI=1S/C10H17N3O3S/c1-2-12-6-10(11-8-12)17(15,16)13-5-3-4-9(13)7-14/h6,8-9,14H,2-5,7H2,1H3/t9-/m1/s1. The molecule has 0 spiro atoms. The molecule has 6 nitrogen and oxygen atoms in total. The van der Waals surface area contributed by atoms with Gasteiger partial charge in [-0.2, -0.15) is 4.31 Å². The largest absolute Gasteiger partial charge is 0.395 e. The van der Waals surface area contributed by atoms with Gasteiger partial charge >= 0.3 is 0 Å².